The molecule has 0 radical (unpaired) electrons. The Hall–Kier alpha value is -1.13. The highest BCUT2D eigenvalue weighted by atomic mass is 16.5. The van der Waals surface area contributed by atoms with Gasteiger partial charge in [-0.05, 0) is 18.9 Å². The molecule has 4 nitrogen and oxygen atoms in total. The van der Waals surface area contributed by atoms with E-state index in [4.69, 9.17) is 4.74 Å². The lowest BCUT2D eigenvalue weighted by molar-refractivity contribution is 0.0875. The third-order valence-electron chi connectivity index (χ3n) is 4.37. The first-order valence-corrected chi connectivity index (χ1v) is 7.61. The van der Waals surface area contributed by atoms with Gasteiger partial charge in [0.1, 0.15) is 0 Å². The summed E-state index contributed by atoms with van der Waals surface area (Å²) in [4.78, 5) is 6.89. The van der Waals surface area contributed by atoms with E-state index >= 15 is 0 Å². The number of rotatable bonds is 5. The number of hydrogen-bond donors (Lipinski definition) is 1. The van der Waals surface area contributed by atoms with Crippen molar-refractivity contribution >= 4 is 0 Å². The Morgan fingerprint density at radius 2 is 2.35 bits per heavy atom. The third kappa shape index (κ3) is 3.49. The van der Waals surface area contributed by atoms with Gasteiger partial charge in [0.05, 0.1) is 7.11 Å². The number of nitrogens with one attached hydrogen (secondary N) is 1. The Kier molecular flexibility index (Phi) is 5.38. The summed E-state index contributed by atoms with van der Waals surface area (Å²) in [5.41, 5.74) is 1.18. The van der Waals surface area contributed by atoms with Crippen molar-refractivity contribution in [3.05, 3.63) is 23.9 Å². The molecule has 112 valence electrons. The molecule has 2 heterocycles. The molecule has 1 aliphatic rings. The van der Waals surface area contributed by atoms with E-state index in [9.17, 15) is 0 Å². The van der Waals surface area contributed by atoms with E-state index in [1.807, 2.05) is 6.07 Å². The molecular weight excluding hydrogens is 250 g/mol. The van der Waals surface area contributed by atoms with Crippen LogP contribution < -0.4 is 10.1 Å². The van der Waals surface area contributed by atoms with Gasteiger partial charge in [-0.1, -0.05) is 26.3 Å². The van der Waals surface area contributed by atoms with Crippen LogP contribution in [0, 0.1) is 5.92 Å². The first-order valence-electron chi connectivity index (χ1n) is 7.61. The second-order valence-electron chi connectivity index (χ2n) is 5.86. The monoisotopic (exact) mass is 277 g/mol. The van der Waals surface area contributed by atoms with Gasteiger partial charge in [-0.3, -0.25) is 4.90 Å². The quantitative estimate of drug-likeness (QED) is 0.896. The maximum atomic E-state index is 5.38. The molecule has 0 aliphatic carbocycles. The molecule has 0 spiro atoms. The average molecular weight is 277 g/mol. The lowest BCUT2D eigenvalue weighted by Crippen LogP contribution is -2.57. The van der Waals surface area contributed by atoms with Gasteiger partial charge < -0.3 is 10.1 Å². The van der Waals surface area contributed by atoms with Crippen LogP contribution in [-0.4, -0.2) is 42.2 Å². The minimum absolute atomic E-state index is 0.540. The molecule has 1 saturated heterocycles. The highest BCUT2D eigenvalue weighted by molar-refractivity contribution is 5.25. The molecule has 1 aliphatic heterocycles. The van der Waals surface area contributed by atoms with Crippen molar-refractivity contribution in [2.75, 3.05) is 20.2 Å². The predicted octanol–water partition coefficient (Wildman–Crippen LogP) is 2.30. The Labute approximate surface area is 122 Å². The fourth-order valence-electron chi connectivity index (χ4n) is 2.96. The number of nitrogens with zero attached hydrogens (tertiary/aromatic N) is 2. The van der Waals surface area contributed by atoms with Gasteiger partial charge in [-0.15, -0.1) is 0 Å². The molecule has 20 heavy (non-hydrogen) atoms. The van der Waals surface area contributed by atoms with E-state index in [1.54, 1.807) is 13.3 Å². The summed E-state index contributed by atoms with van der Waals surface area (Å²) in [6, 6.07) is 5.23. The van der Waals surface area contributed by atoms with Crippen molar-refractivity contribution in [1.82, 2.24) is 15.2 Å². The van der Waals surface area contributed by atoms with Crippen molar-refractivity contribution in [2.24, 2.45) is 5.92 Å². The number of piperazine rings is 1. The molecule has 0 saturated carbocycles. The van der Waals surface area contributed by atoms with Crippen molar-refractivity contribution in [2.45, 2.75) is 45.8 Å². The van der Waals surface area contributed by atoms with Crippen molar-refractivity contribution in [3.63, 3.8) is 0 Å². The summed E-state index contributed by atoms with van der Waals surface area (Å²) in [6.07, 6.45) is 3.00. The minimum atomic E-state index is 0.540. The number of aromatic nitrogens is 1. The summed E-state index contributed by atoms with van der Waals surface area (Å²) in [5, 5.41) is 3.60. The van der Waals surface area contributed by atoms with Crippen molar-refractivity contribution in [1.29, 1.82) is 0 Å². The summed E-state index contributed by atoms with van der Waals surface area (Å²) in [5.74, 6) is 1.44. The van der Waals surface area contributed by atoms with E-state index in [-0.39, 0.29) is 0 Å². The van der Waals surface area contributed by atoms with Gasteiger partial charge in [-0.2, -0.15) is 0 Å². The van der Waals surface area contributed by atoms with Gasteiger partial charge in [0.15, 0.2) is 0 Å². The molecule has 0 bridgehead atoms. The van der Waals surface area contributed by atoms with Gasteiger partial charge >= 0.3 is 0 Å². The molecular formula is C16H27N3O. The summed E-state index contributed by atoms with van der Waals surface area (Å²) < 4.78 is 5.38. The zero-order chi connectivity index (χ0) is 14.5. The first-order chi connectivity index (χ1) is 9.65. The predicted molar refractivity (Wildman–Crippen MR) is 81.9 cm³/mol. The van der Waals surface area contributed by atoms with Crippen molar-refractivity contribution in [3.8, 4) is 5.88 Å². The Bertz CT molecular complexity index is 424. The van der Waals surface area contributed by atoms with Crippen molar-refractivity contribution < 1.29 is 4.74 Å². The maximum absolute atomic E-state index is 5.38. The molecule has 0 aromatic carbocycles. The van der Waals surface area contributed by atoms with Crippen LogP contribution in [0.25, 0.3) is 0 Å². The number of pyridine rings is 1. The normalized spacial score (nSPS) is 25.4. The van der Waals surface area contributed by atoms with Crippen LogP contribution in [0.1, 0.15) is 32.8 Å². The Morgan fingerprint density at radius 3 is 3.05 bits per heavy atom. The maximum Gasteiger partial charge on any atom is 0.217 e. The molecule has 1 N–H and O–H groups in total. The molecule has 3 atom stereocenters. The number of methoxy groups -OCH3 is 1. The summed E-state index contributed by atoms with van der Waals surface area (Å²) in [6.45, 7) is 9.92. The van der Waals surface area contributed by atoms with Crippen LogP contribution in [0.4, 0.5) is 0 Å². The Balaban J connectivity index is 2.14. The van der Waals surface area contributed by atoms with E-state index in [1.165, 1.54) is 12.0 Å². The van der Waals surface area contributed by atoms with E-state index in [0.717, 1.165) is 25.5 Å². The highest BCUT2D eigenvalue weighted by Crippen LogP contribution is 2.23. The largest absolute Gasteiger partial charge is 0.481 e. The zero-order valence-corrected chi connectivity index (χ0v) is 13.1. The van der Waals surface area contributed by atoms with Gasteiger partial charge in [0.2, 0.25) is 5.88 Å². The van der Waals surface area contributed by atoms with Crippen LogP contribution in [0.3, 0.4) is 0 Å². The van der Waals surface area contributed by atoms with E-state index < -0.39 is 0 Å². The van der Waals surface area contributed by atoms with E-state index in [0.29, 0.717) is 18.0 Å². The van der Waals surface area contributed by atoms with Crippen LogP contribution in [0.2, 0.25) is 0 Å². The minimum Gasteiger partial charge on any atom is -0.481 e. The van der Waals surface area contributed by atoms with Gasteiger partial charge in [0, 0.05) is 43.5 Å². The van der Waals surface area contributed by atoms with Crippen LogP contribution in [0.15, 0.2) is 18.3 Å². The molecule has 3 unspecified atom stereocenters. The van der Waals surface area contributed by atoms with Crippen LogP contribution in [-0.2, 0) is 6.54 Å². The van der Waals surface area contributed by atoms with Gasteiger partial charge in [-0.25, -0.2) is 4.98 Å². The highest BCUT2D eigenvalue weighted by Gasteiger charge is 2.29. The van der Waals surface area contributed by atoms with Crippen LogP contribution in [0.5, 0.6) is 5.88 Å². The fraction of sp³-hybridized carbons (Fsp3) is 0.688. The molecule has 1 fully saturated rings. The lowest BCUT2D eigenvalue weighted by Gasteiger charge is -2.42. The standard InChI is InChI=1S/C16H27N3O/c1-5-12(2)15-9-18-13(3)10-19(15)11-14-7-6-8-17-16(14)20-4/h6-8,12-13,15,18H,5,9-11H2,1-4H3. The second kappa shape index (κ2) is 7.04. The fourth-order valence-corrected chi connectivity index (χ4v) is 2.96. The average Bonchev–Trinajstić information content (AvgIpc) is 2.47. The molecule has 1 aromatic heterocycles. The SMILES string of the molecule is CCC(C)C1CNC(C)CN1Cc1cccnc1OC. The molecule has 1 aromatic rings. The molecule has 0 amide bonds. The third-order valence-corrected chi connectivity index (χ3v) is 4.37. The lowest BCUT2D eigenvalue weighted by atomic mass is 9.94. The zero-order valence-electron chi connectivity index (χ0n) is 13.1. The number of hydrogen-bond acceptors (Lipinski definition) is 4. The van der Waals surface area contributed by atoms with Gasteiger partial charge in [0.25, 0.3) is 0 Å². The van der Waals surface area contributed by atoms with Crippen LogP contribution >= 0.6 is 0 Å². The summed E-state index contributed by atoms with van der Waals surface area (Å²) in [7, 11) is 1.69. The topological polar surface area (TPSA) is 37.4 Å². The Morgan fingerprint density at radius 1 is 1.55 bits per heavy atom. The molecule has 2 rings (SSSR count). The van der Waals surface area contributed by atoms with E-state index in [2.05, 4.69) is 42.0 Å². The number of ether oxygens (including phenoxy) is 1. The first kappa shape index (κ1) is 15.3. The summed E-state index contributed by atoms with van der Waals surface area (Å²) >= 11 is 0. The smallest absolute Gasteiger partial charge is 0.217 e. The second-order valence-corrected chi connectivity index (χ2v) is 5.86. The molecule has 4 heteroatoms.